The largest absolute Gasteiger partial charge is 0.396 e. The second-order valence-corrected chi connectivity index (χ2v) is 6.94. The van der Waals surface area contributed by atoms with Gasteiger partial charge in [0.25, 0.3) is 0 Å². The molecule has 0 atom stereocenters. The van der Waals surface area contributed by atoms with Crippen LogP contribution in [0.2, 0.25) is 5.02 Å². The van der Waals surface area contributed by atoms with Crippen molar-refractivity contribution in [2.24, 2.45) is 5.41 Å². The lowest BCUT2D eigenvalue weighted by Gasteiger charge is -2.23. The Morgan fingerprint density at radius 2 is 2.13 bits per heavy atom. The van der Waals surface area contributed by atoms with E-state index in [4.69, 9.17) is 16.7 Å². The zero-order valence-electron chi connectivity index (χ0n) is 13.6. The van der Waals surface area contributed by atoms with E-state index in [0.717, 1.165) is 22.9 Å². The summed E-state index contributed by atoms with van der Waals surface area (Å²) in [6, 6.07) is 5.54. The number of aliphatic hydroxyl groups excluding tert-OH is 1. The molecule has 0 aliphatic rings. The second-order valence-electron chi connectivity index (χ2n) is 6.50. The first kappa shape index (κ1) is 17.6. The van der Waals surface area contributed by atoms with Crippen LogP contribution in [0, 0.1) is 5.41 Å². The highest BCUT2D eigenvalue weighted by molar-refractivity contribution is 6.31. The molecule has 0 unspecified atom stereocenters. The van der Waals surface area contributed by atoms with Crippen LogP contribution in [0.3, 0.4) is 0 Å². The predicted octanol–water partition coefficient (Wildman–Crippen LogP) is 3.07. The third-order valence-corrected chi connectivity index (χ3v) is 4.16. The molecule has 2 aromatic rings. The normalized spacial score (nSPS) is 11.7. The molecule has 126 valence electrons. The van der Waals surface area contributed by atoms with Gasteiger partial charge in [0.05, 0.1) is 0 Å². The minimum absolute atomic E-state index is 0.111. The van der Waals surface area contributed by atoms with Crippen LogP contribution in [0.4, 0.5) is 4.79 Å². The fraction of sp³-hybridized carbons (Fsp3) is 0.471. The number of carbonyl (C=O) groups excluding carboxylic acids is 1. The minimum atomic E-state index is -0.186. The number of rotatable bonds is 7. The summed E-state index contributed by atoms with van der Waals surface area (Å²) >= 11 is 6.03. The van der Waals surface area contributed by atoms with Crippen molar-refractivity contribution in [3.05, 3.63) is 35.0 Å². The van der Waals surface area contributed by atoms with Crippen LogP contribution in [0.5, 0.6) is 0 Å². The molecule has 0 radical (unpaired) electrons. The monoisotopic (exact) mass is 337 g/mol. The Morgan fingerprint density at radius 1 is 1.35 bits per heavy atom. The molecular weight excluding hydrogens is 314 g/mol. The van der Waals surface area contributed by atoms with Gasteiger partial charge in [-0.2, -0.15) is 0 Å². The summed E-state index contributed by atoms with van der Waals surface area (Å²) in [6.07, 6.45) is 3.34. The van der Waals surface area contributed by atoms with Crippen molar-refractivity contribution in [1.82, 2.24) is 15.6 Å². The van der Waals surface area contributed by atoms with E-state index in [2.05, 4.69) is 15.6 Å². The van der Waals surface area contributed by atoms with Crippen molar-refractivity contribution in [3.8, 4) is 0 Å². The average molecular weight is 338 g/mol. The maximum absolute atomic E-state index is 11.8. The number of H-pyrrole nitrogens is 1. The summed E-state index contributed by atoms with van der Waals surface area (Å²) in [4.78, 5) is 15.0. The minimum Gasteiger partial charge on any atom is -0.396 e. The molecule has 2 rings (SSSR count). The lowest BCUT2D eigenvalue weighted by atomic mass is 9.90. The van der Waals surface area contributed by atoms with Crippen molar-refractivity contribution >= 4 is 28.5 Å². The standard InChI is InChI=1S/C17H24ClN3O2/c1-17(2,6-8-22)11-21-16(23)19-7-5-12-10-20-15-4-3-13(18)9-14(12)15/h3-4,9-10,20,22H,5-8,11H2,1-2H3,(H2,19,21,23). The zero-order chi connectivity index (χ0) is 16.9. The van der Waals surface area contributed by atoms with Crippen molar-refractivity contribution in [2.75, 3.05) is 19.7 Å². The van der Waals surface area contributed by atoms with E-state index in [-0.39, 0.29) is 18.1 Å². The number of amides is 2. The van der Waals surface area contributed by atoms with Crippen molar-refractivity contribution in [3.63, 3.8) is 0 Å². The average Bonchev–Trinajstić information content (AvgIpc) is 2.88. The van der Waals surface area contributed by atoms with Crippen molar-refractivity contribution in [1.29, 1.82) is 0 Å². The highest BCUT2D eigenvalue weighted by Crippen LogP contribution is 2.22. The van der Waals surface area contributed by atoms with E-state index in [9.17, 15) is 4.79 Å². The number of aromatic amines is 1. The Balaban J connectivity index is 1.80. The van der Waals surface area contributed by atoms with Gasteiger partial charge >= 0.3 is 6.03 Å². The summed E-state index contributed by atoms with van der Waals surface area (Å²) < 4.78 is 0. The molecule has 1 heterocycles. The summed E-state index contributed by atoms with van der Waals surface area (Å²) in [5, 5.41) is 16.5. The van der Waals surface area contributed by atoms with Gasteiger partial charge in [0.2, 0.25) is 0 Å². The van der Waals surface area contributed by atoms with Gasteiger partial charge in [-0.05, 0) is 42.0 Å². The van der Waals surface area contributed by atoms with E-state index < -0.39 is 0 Å². The zero-order valence-corrected chi connectivity index (χ0v) is 14.3. The van der Waals surface area contributed by atoms with Crippen molar-refractivity contribution in [2.45, 2.75) is 26.7 Å². The SMILES string of the molecule is CC(C)(CCO)CNC(=O)NCCc1c[nH]c2ccc(Cl)cc12. The molecule has 1 aromatic heterocycles. The third-order valence-electron chi connectivity index (χ3n) is 3.93. The Bertz CT molecular complexity index is 667. The molecule has 5 nitrogen and oxygen atoms in total. The summed E-state index contributed by atoms with van der Waals surface area (Å²) in [7, 11) is 0. The van der Waals surface area contributed by atoms with E-state index in [1.165, 1.54) is 0 Å². The number of aromatic nitrogens is 1. The molecular formula is C17H24ClN3O2. The first-order chi connectivity index (χ1) is 10.9. The van der Waals surface area contributed by atoms with Gasteiger partial charge in [0.15, 0.2) is 0 Å². The molecule has 4 N–H and O–H groups in total. The van der Waals surface area contributed by atoms with Gasteiger partial charge in [0, 0.05) is 41.8 Å². The summed E-state index contributed by atoms with van der Waals surface area (Å²) in [5.74, 6) is 0. The van der Waals surface area contributed by atoms with E-state index in [0.29, 0.717) is 24.5 Å². The molecule has 23 heavy (non-hydrogen) atoms. The maximum Gasteiger partial charge on any atom is 0.314 e. The molecule has 0 saturated carbocycles. The Hall–Kier alpha value is -1.72. The van der Waals surface area contributed by atoms with E-state index in [1.807, 2.05) is 38.2 Å². The summed E-state index contributed by atoms with van der Waals surface area (Å²) in [5.41, 5.74) is 2.06. The Morgan fingerprint density at radius 3 is 2.87 bits per heavy atom. The van der Waals surface area contributed by atoms with Gasteiger partial charge in [0.1, 0.15) is 0 Å². The molecule has 0 saturated heterocycles. The lowest BCUT2D eigenvalue weighted by molar-refractivity contribution is 0.201. The number of nitrogens with one attached hydrogen (secondary N) is 3. The van der Waals surface area contributed by atoms with E-state index >= 15 is 0 Å². The molecule has 0 aliphatic heterocycles. The molecule has 0 fully saturated rings. The van der Waals surface area contributed by atoms with Crippen LogP contribution < -0.4 is 10.6 Å². The van der Waals surface area contributed by atoms with Gasteiger partial charge in [-0.25, -0.2) is 4.79 Å². The number of fused-ring (bicyclic) bond motifs is 1. The van der Waals surface area contributed by atoms with Gasteiger partial charge < -0.3 is 20.7 Å². The highest BCUT2D eigenvalue weighted by atomic mass is 35.5. The number of benzene rings is 1. The Kier molecular flexibility index (Phi) is 5.91. The number of hydrogen-bond acceptors (Lipinski definition) is 2. The lowest BCUT2D eigenvalue weighted by Crippen LogP contribution is -2.41. The number of halogens is 1. The number of aliphatic hydroxyl groups is 1. The first-order valence-corrected chi connectivity index (χ1v) is 8.17. The van der Waals surface area contributed by atoms with Crippen LogP contribution in [0.15, 0.2) is 24.4 Å². The molecule has 1 aromatic carbocycles. The second kappa shape index (κ2) is 7.70. The fourth-order valence-corrected chi connectivity index (χ4v) is 2.61. The highest BCUT2D eigenvalue weighted by Gasteiger charge is 2.17. The van der Waals surface area contributed by atoms with Crippen LogP contribution >= 0.6 is 11.6 Å². The summed E-state index contributed by atoms with van der Waals surface area (Å²) in [6.45, 7) is 5.23. The fourth-order valence-electron chi connectivity index (χ4n) is 2.44. The smallest absolute Gasteiger partial charge is 0.314 e. The van der Waals surface area contributed by atoms with Crippen LogP contribution in [0.25, 0.3) is 10.9 Å². The molecule has 6 heteroatoms. The van der Waals surface area contributed by atoms with Gasteiger partial charge in [-0.3, -0.25) is 0 Å². The van der Waals surface area contributed by atoms with Gasteiger partial charge in [-0.15, -0.1) is 0 Å². The molecule has 0 bridgehead atoms. The molecule has 0 aliphatic carbocycles. The topological polar surface area (TPSA) is 77.2 Å². The quantitative estimate of drug-likeness (QED) is 0.626. The Labute approximate surface area is 141 Å². The van der Waals surface area contributed by atoms with Crippen molar-refractivity contribution < 1.29 is 9.90 Å². The number of carbonyl (C=O) groups is 1. The number of urea groups is 1. The van der Waals surface area contributed by atoms with Crippen LogP contribution in [-0.2, 0) is 6.42 Å². The first-order valence-electron chi connectivity index (χ1n) is 7.79. The van der Waals surface area contributed by atoms with E-state index in [1.54, 1.807) is 0 Å². The third kappa shape index (κ3) is 5.15. The van der Waals surface area contributed by atoms with Crippen LogP contribution in [-0.4, -0.2) is 35.8 Å². The maximum atomic E-state index is 11.8. The van der Waals surface area contributed by atoms with Gasteiger partial charge in [-0.1, -0.05) is 25.4 Å². The predicted molar refractivity (Wildman–Crippen MR) is 93.9 cm³/mol. The van der Waals surface area contributed by atoms with Crippen LogP contribution in [0.1, 0.15) is 25.8 Å². The number of hydrogen-bond donors (Lipinski definition) is 4. The molecule has 0 spiro atoms. The molecule has 2 amide bonds.